The Morgan fingerprint density at radius 2 is 2.27 bits per heavy atom. The lowest BCUT2D eigenvalue weighted by Gasteiger charge is -2.21. The first-order chi connectivity index (χ1) is 7.08. The molecule has 1 atom stereocenters. The zero-order valence-electron chi connectivity index (χ0n) is 7.57. The number of fused-ring (bicyclic) bond motifs is 1. The van der Waals surface area contributed by atoms with E-state index in [4.69, 9.17) is 9.84 Å². The number of carboxylic acid groups (broad SMARTS) is 1. The molecule has 1 aromatic rings. The van der Waals surface area contributed by atoms with Crippen molar-refractivity contribution < 1.29 is 23.8 Å². The van der Waals surface area contributed by atoms with Gasteiger partial charge >= 0.3 is 5.97 Å². The average molecular weight is 210 g/mol. The zero-order valence-corrected chi connectivity index (χ0v) is 7.57. The molecule has 1 aliphatic rings. The lowest BCUT2D eigenvalue weighted by molar-refractivity contribution is -0.145. The van der Waals surface area contributed by atoms with Crippen LogP contribution in [-0.4, -0.2) is 23.0 Å². The van der Waals surface area contributed by atoms with Gasteiger partial charge in [-0.3, -0.25) is 4.79 Å². The third-order valence-corrected chi connectivity index (χ3v) is 2.16. The Balaban J connectivity index is 2.41. The molecule has 0 amide bonds. The van der Waals surface area contributed by atoms with Crippen LogP contribution in [0.25, 0.3) is 0 Å². The minimum atomic E-state index is -1.20. The van der Waals surface area contributed by atoms with Gasteiger partial charge in [0.25, 0.3) is 0 Å². The van der Waals surface area contributed by atoms with Crippen molar-refractivity contribution in [2.24, 2.45) is 0 Å². The van der Waals surface area contributed by atoms with Gasteiger partial charge in [0.05, 0.1) is 12.0 Å². The van der Waals surface area contributed by atoms with Gasteiger partial charge in [-0.15, -0.1) is 0 Å². The summed E-state index contributed by atoms with van der Waals surface area (Å²) in [5, 5.41) is 8.68. The number of carbonyl (C=O) groups excluding carboxylic acids is 1. The topological polar surface area (TPSA) is 63.6 Å². The second-order valence-corrected chi connectivity index (χ2v) is 3.21. The molecule has 0 aromatic heterocycles. The van der Waals surface area contributed by atoms with Crippen LogP contribution in [0.1, 0.15) is 16.8 Å². The maximum Gasteiger partial charge on any atom is 0.345 e. The summed E-state index contributed by atoms with van der Waals surface area (Å²) in [7, 11) is 0. The van der Waals surface area contributed by atoms with E-state index in [1.165, 1.54) is 6.07 Å². The summed E-state index contributed by atoms with van der Waals surface area (Å²) < 4.78 is 17.8. The maximum absolute atomic E-state index is 12.8. The van der Waals surface area contributed by atoms with Crippen molar-refractivity contribution in [2.45, 2.75) is 12.5 Å². The third kappa shape index (κ3) is 1.68. The van der Waals surface area contributed by atoms with Crippen LogP contribution in [0.2, 0.25) is 0 Å². The first kappa shape index (κ1) is 9.64. The minimum Gasteiger partial charge on any atom is -0.478 e. The van der Waals surface area contributed by atoms with E-state index in [-0.39, 0.29) is 17.7 Å². The van der Waals surface area contributed by atoms with Gasteiger partial charge < -0.3 is 9.84 Å². The summed E-state index contributed by atoms with van der Waals surface area (Å²) in [6, 6.07) is 3.43. The highest BCUT2D eigenvalue weighted by atomic mass is 19.1. The number of aliphatic carboxylic acids is 1. The summed E-state index contributed by atoms with van der Waals surface area (Å²) in [5.41, 5.74) is 0.104. The fraction of sp³-hybridized carbons (Fsp3) is 0.200. The summed E-state index contributed by atoms with van der Waals surface area (Å²) in [4.78, 5) is 22.1. The molecular weight excluding hydrogens is 203 g/mol. The van der Waals surface area contributed by atoms with Crippen molar-refractivity contribution in [2.75, 3.05) is 0 Å². The number of ether oxygens (including phenoxy) is 1. The number of ketones is 1. The van der Waals surface area contributed by atoms with E-state index in [9.17, 15) is 14.0 Å². The molecule has 0 radical (unpaired) electrons. The number of carbonyl (C=O) groups is 2. The lowest BCUT2D eigenvalue weighted by atomic mass is 10.0. The van der Waals surface area contributed by atoms with E-state index in [0.717, 1.165) is 12.1 Å². The number of hydrogen-bond acceptors (Lipinski definition) is 3. The quantitative estimate of drug-likeness (QED) is 0.757. The molecular formula is C10H7FO4. The molecule has 0 fully saturated rings. The number of rotatable bonds is 1. The average Bonchev–Trinajstić information content (AvgIpc) is 2.18. The smallest absolute Gasteiger partial charge is 0.345 e. The molecule has 0 bridgehead atoms. The highest BCUT2D eigenvalue weighted by Gasteiger charge is 2.31. The molecule has 2 rings (SSSR count). The van der Waals surface area contributed by atoms with Crippen LogP contribution in [-0.2, 0) is 4.79 Å². The molecule has 0 saturated heterocycles. The van der Waals surface area contributed by atoms with Crippen LogP contribution >= 0.6 is 0 Å². The van der Waals surface area contributed by atoms with Crippen molar-refractivity contribution in [1.29, 1.82) is 0 Å². The zero-order chi connectivity index (χ0) is 11.0. The number of Topliss-reactive ketones (excluding diaryl/α,β-unsaturated/α-hetero) is 1. The molecule has 0 saturated carbocycles. The van der Waals surface area contributed by atoms with Gasteiger partial charge in [0, 0.05) is 0 Å². The molecule has 15 heavy (non-hydrogen) atoms. The van der Waals surface area contributed by atoms with E-state index in [2.05, 4.69) is 0 Å². The number of benzene rings is 1. The Kier molecular flexibility index (Phi) is 2.15. The van der Waals surface area contributed by atoms with Crippen LogP contribution < -0.4 is 4.74 Å². The normalized spacial score (nSPS) is 19.3. The Morgan fingerprint density at radius 1 is 1.53 bits per heavy atom. The van der Waals surface area contributed by atoms with Gasteiger partial charge in [-0.05, 0) is 18.2 Å². The van der Waals surface area contributed by atoms with Gasteiger partial charge in [0.2, 0.25) is 6.10 Å². The highest BCUT2D eigenvalue weighted by molar-refractivity contribution is 6.02. The van der Waals surface area contributed by atoms with E-state index >= 15 is 0 Å². The molecule has 78 valence electrons. The van der Waals surface area contributed by atoms with Crippen LogP contribution in [0.15, 0.2) is 18.2 Å². The SMILES string of the molecule is O=C1C[C@H](C(=O)O)Oc2ccc(F)cc21. The van der Waals surface area contributed by atoms with Crippen LogP contribution in [0.4, 0.5) is 4.39 Å². The monoisotopic (exact) mass is 210 g/mol. The Labute approximate surface area is 84.3 Å². The molecule has 1 aliphatic heterocycles. The second-order valence-electron chi connectivity index (χ2n) is 3.21. The molecule has 0 unspecified atom stereocenters. The molecule has 4 nitrogen and oxygen atoms in total. The predicted molar refractivity (Wildman–Crippen MR) is 47.4 cm³/mol. The van der Waals surface area contributed by atoms with Gasteiger partial charge in [-0.1, -0.05) is 0 Å². The van der Waals surface area contributed by atoms with Crippen molar-refractivity contribution in [3.05, 3.63) is 29.6 Å². The van der Waals surface area contributed by atoms with E-state index in [1.54, 1.807) is 0 Å². The Morgan fingerprint density at radius 3 is 2.93 bits per heavy atom. The van der Waals surface area contributed by atoms with Crippen molar-refractivity contribution >= 4 is 11.8 Å². The third-order valence-electron chi connectivity index (χ3n) is 2.16. The molecule has 1 aromatic carbocycles. The number of carboxylic acids is 1. The van der Waals surface area contributed by atoms with Gasteiger partial charge in [0.15, 0.2) is 5.78 Å². The molecule has 0 aliphatic carbocycles. The van der Waals surface area contributed by atoms with Gasteiger partial charge in [-0.2, -0.15) is 0 Å². The number of halogens is 1. The van der Waals surface area contributed by atoms with Gasteiger partial charge in [-0.25, -0.2) is 9.18 Å². The lowest BCUT2D eigenvalue weighted by Crippen LogP contribution is -2.33. The first-order valence-corrected chi connectivity index (χ1v) is 4.30. The predicted octanol–water partition coefficient (Wildman–Crippen LogP) is 1.24. The minimum absolute atomic E-state index is 0.104. The fourth-order valence-electron chi connectivity index (χ4n) is 1.43. The molecule has 5 heteroatoms. The maximum atomic E-state index is 12.8. The van der Waals surface area contributed by atoms with Crippen molar-refractivity contribution in [3.63, 3.8) is 0 Å². The fourth-order valence-corrected chi connectivity index (χ4v) is 1.43. The van der Waals surface area contributed by atoms with Crippen molar-refractivity contribution in [1.82, 2.24) is 0 Å². The van der Waals surface area contributed by atoms with Crippen LogP contribution in [0.3, 0.4) is 0 Å². The summed E-state index contributed by atoms with van der Waals surface area (Å²) in [6.45, 7) is 0. The molecule has 1 N–H and O–H groups in total. The van der Waals surface area contributed by atoms with Crippen LogP contribution in [0.5, 0.6) is 5.75 Å². The Hall–Kier alpha value is -1.91. The van der Waals surface area contributed by atoms with Gasteiger partial charge in [0.1, 0.15) is 11.6 Å². The molecule has 1 heterocycles. The largest absolute Gasteiger partial charge is 0.478 e. The van der Waals surface area contributed by atoms with Crippen LogP contribution in [0, 0.1) is 5.82 Å². The standard InChI is InChI=1S/C10H7FO4/c11-5-1-2-8-6(3-5)7(12)4-9(15-8)10(13)14/h1-3,9H,4H2,(H,13,14)/t9-/m1/s1. The van der Waals surface area contributed by atoms with E-state index in [0.29, 0.717) is 0 Å². The highest BCUT2D eigenvalue weighted by Crippen LogP contribution is 2.28. The number of hydrogen-bond donors (Lipinski definition) is 1. The molecule has 0 spiro atoms. The summed E-state index contributed by atoms with van der Waals surface area (Å²) >= 11 is 0. The van der Waals surface area contributed by atoms with E-state index in [1.807, 2.05) is 0 Å². The first-order valence-electron chi connectivity index (χ1n) is 4.30. The summed E-state index contributed by atoms with van der Waals surface area (Å²) in [6.07, 6.45) is -1.43. The van der Waals surface area contributed by atoms with Crippen molar-refractivity contribution in [3.8, 4) is 5.75 Å². The second kappa shape index (κ2) is 3.34. The Bertz CT molecular complexity index is 441. The summed E-state index contributed by atoms with van der Waals surface area (Å²) in [5.74, 6) is -2.03. The van der Waals surface area contributed by atoms with E-state index < -0.39 is 23.7 Å².